The summed E-state index contributed by atoms with van der Waals surface area (Å²) in [5, 5.41) is 8.31. The molecule has 2 N–H and O–H groups in total. The van der Waals surface area contributed by atoms with Crippen molar-refractivity contribution < 1.29 is 18.0 Å². The van der Waals surface area contributed by atoms with Crippen LogP contribution >= 0.6 is 15.9 Å². The van der Waals surface area contributed by atoms with Crippen LogP contribution in [0.5, 0.6) is 0 Å². The van der Waals surface area contributed by atoms with E-state index in [1.54, 1.807) is 0 Å². The largest absolute Gasteiger partial charge is 0.408 e. The molecule has 0 saturated carbocycles. The van der Waals surface area contributed by atoms with Gasteiger partial charge in [-0.05, 0) is 15.9 Å². The molecule has 10 heteroatoms. The minimum absolute atomic E-state index is 0.115. The number of carbonyl (C=O) groups is 1. The number of halogens is 4. The Labute approximate surface area is 114 Å². The zero-order valence-corrected chi connectivity index (χ0v) is 11.3. The van der Waals surface area contributed by atoms with Crippen LogP contribution in [0.3, 0.4) is 0 Å². The van der Waals surface area contributed by atoms with E-state index >= 15 is 0 Å². The van der Waals surface area contributed by atoms with Gasteiger partial charge in [0.25, 0.3) is 5.56 Å². The number of likely N-dealkylation sites (N-methyl/N-ethyl adjacent to an activating group) is 1. The Kier molecular flexibility index (Phi) is 4.92. The van der Waals surface area contributed by atoms with Gasteiger partial charge < -0.3 is 10.6 Å². The second-order valence-corrected chi connectivity index (χ2v) is 4.27. The van der Waals surface area contributed by atoms with E-state index in [0.717, 1.165) is 6.20 Å². The Morgan fingerprint density at radius 1 is 1.53 bits per heavy atom. The van der Waals surface area contributed by atoms with Crippen LogP contribution in [0.4, 0.5) is 18.9 Å². The minimum atomic E-state index is -4.53. The van der Waals surface area contributed by atoms with Gasteiger partial charge in [0.2, 0.25) is 5.91 Å². The molecule has 0 radical (unpaired) electrons. The highest BCUT2D eigenvalue weighted by molar-refractivity contribution is 9.10. The average Bonchev–Trinajstić information content (AvgIpc) is 2.32. The molecule has 0 spiro atoms. The standard InChI is InChI=1S/C9H10BrF3N4O2/c1-14-6(18)3-15-5-2-16-17(4-9(11,12)13)8(19)7(5)10/h2,15H,3-4H2,1H3,(H,14,18). The SMILES string of the molecule is CNC(=O)CNc1cnn(CC(F)(F)F)c(=O)c1Br. The smallest absolute Gasteiger partial charge is 0.374 e. The third-order valence-electron chi connectivity index (χ3n) is 2.03. The van der Waals surface area contributed by atoms with Crippen LogP contribution in [0, 0.1) is 0 Å². The quantitative estimate of drug-likeness (QED) is 0.845. The Bertz CT molecular complexity index is 529. The van der Waals surface area contributed by atoms with Crippen molar-refractivity contribution in [2.75, 3.05) is 18.9 Å². The zero-order valence-electron chi connectivity index (χ0n) is 9.71. The number of rotatable bonds is 4. The van der Waals surface area contributed by atoms with Gasteiger partial charge in [0.05, 0.1) is 18.4 Å². The van der Waals surface area contributed by atoms with E-state index in [4.69, 9.17) is 0 Å². The summed E-state index contributed by atoms with van der Waals surface area (Å²) in [4.78, 5) is 22.6. The fourth-order valence-corrected chi connectivity index (χ4v) is 1.58. The highest BCUT2D eigenvalue weighted by Crippen LogP contribution is 2.19. The molecule has 0 aromatic carbocycles. The van der Waals surface area contributed by atoms with E-state index in [9.17, 15) is 22.8 Å². The van der Waals surface area contributed by atoms with Crippen molar-refractivity contribution in [2.45, 2.75) is 12.7 Å². The van der Waals surface area contributed by atoms with Crippen molar-refractivity contribution in [3.63, 3.8) is 0 Å². The van der Waals surface area contributed by atoms with E-state index in [1.165, 1.54) is 7.05 Å². The second kappa shape index (κ2) is 6.04. The van der Waals surface area contributed by atoms with Gasteiger partial charge in [0.15, 0.2) is 0 Å². The predicted molar refractivity (Wildman–Crippen MR) is 64.8 cm³/mol. The van der Waals surface area contributed by atoms with E-state index in [2.05, 4.69) is 31.7 Å². The number of nitrogens with one attached hydrogen (secondary N) is 2. The number of alkyl halides is 3. The van der Waals surface area contributed by atoms with Crippen LogP contribution in [0.1, 0.15) is 0 Å². The van der Waals surface area contributed by atoms with Crippen LogP contribution in [0.15, 0.2) is 15.5 Å². The molecular formula is C9H10BrF3N4O2. The molecule has 6 nitrogen and oxygen atoms in total. The van der Waals surface area contributed by atoms with E-state index in [1.807, 2.05) is 0 Å². The number of anilines is 1. The number of hydrogen-bond acceptors (Lipinski definition) is 4. The lowest BCUT2D eigenvalue weighted by molar-refractivity contribution is -0.143. The predicted octanol–water partition coefficient (Wildman–Crippen LogP) is 0.726. The fraction of sp³-hybridized carbons (Fsp3) is 0.444. The molecule has 1 rings (SSSR count). The maximum Gasteiger partial charge on any atom is 0.408 e. The summed E-state index contributed by atoms with van der Waals surface area (Å²) in [6, 6.07) is 0. The van der Waals surface area contributed by atoms with Gasteiger partial charge in [-0.25, -0.2) is 4.68 Å². The molecule has 0 saturated heterocycles. The first-order chi connectivity index (χ1) is 8.74. The molecule has 0 unspecified atom stereocenters. The summed E-state index contributed by atoms with van der Waals surface area (Å²) in [5.41, 5.74) is -0.786. The summed E-state index contributed by atoms with van der Waals surface area (Å²) >= 11 is 2.88. The van der Waals surface area contributed by atoms with Crippen molar-refractivity contribution in [2.24, 2.45) is 0 Å². The first-order valence-corrected chi connectivity index (χ1v) is 5.80. The molecule has 0 atom stereocenters. The molecule has 0 bridgehead atoms. The normalized spacial score (nSPS) is 11.2. The lowest BCUT2D eigenvalue weighted by Gasteiger charge is -2.11. The van der Waals surface area contributed by atoms with E-state index in [0.29, 0.717) is 0 Å². The summed E-state index contributed by atoms with van der Waals surface area (Å²) < 4.78 is 36.7. The van der Waals surface area contributed by atoms with Gasteiger partial charge in [-0.15, -0.1) is 0 Å². The second-order valence-electron chi connectivity index (χ2n) is 3.48. The van der Waals surface area contributed by atoms with Crippen LogP contribution in [-0.4, -0.2) is 35.5 Å². The maximum absolute atomic E-state index is 12.2. The summed E-state index contributed by atoms with van der Waals surface area (Å²) in [7, 11) is 1.43. The van der Waals surface area contributed by atoms with E-state index < -0.39 is 18.3 Å². The zero-order chi connectivity index (χ0) is 14.6. The van der Waals surface area contributed by atoms with Crippen molar-refractivity contribution in [1.29, 1.82) is 0 Å². The fourth-order valence-electron chi connectivity index (χ4n) is 1.13. The highest BCUT2D eigenvalue weighted by atomic mass is 79.9. The number of carbonyl (C=O) groups excluding carboxylic acids is 1. The molecule has 106 valence electrons. The number of aromatic nitrogens is 2. The monoisotopic (exact) mass is 342 g/mol. The molecule has 1 amide bonds. The van der Waals surface area contributed by atoms with Crippen LogP contribution in [-0.2, 0) is 11.3 Å². The van der Waals surface area contributed by atoms with Crippen molar-refractivity contribution in [3.8, 4) is 0 Å². The molecule has 0 aliphatic carbocycles. The van der Waals surface area contributed by atoms with Crippen LogP contribution in [0.25, 0.3) is 0 Å². The van der Waals surface area contributed by atoms with Gasteiger partial charge >= 0.3 is 6.18 Å². The molecule has 19 heavy (non-hydrogen) atoms. The van der Waals surface area contributed by atoms with Gasteiger partial charge in [-0.3, -0.25) is 9.59 Å². The third kappa shape index (κ3) is 4.54. The molecule has 1 aromatic heterocycles. The minimum Gasteiger partial charge on any atom is -0.374 e. The van der Waals surface area contributed by atoms with Crippen LogP contribution < -0.4 is 16.2 Å². The van der Waals surface area contributed by atoms with Gasteiger partial charge in [0.1, 0.15) is 11.0 Å². The van der Waals surface area contributed by atoms with E-state index in [-0.39, 0.29) is 27.3 Å². The van der Waals surface area contributed by atoms with Gasteiger partial charge in [0, 0.05) is 7.05 Å². The summed E-state index contributed by atoms with van der Waals surface area (Å²) in [5.74, 6) is -0.341. The Balaban J connectivity index is 2.92. The summed E-state index contributed by atoms with van der Waals surface area (Å²) in [6.45, 7) is -1.60. The van der Waals surface area contributed by atoms with Crippen LogP contribution in [0.2, 0.25) is 0 Å². The topological polar surface area (TPSA) is 76.0 Å². The maximum atomic E-state index is 12.2. The number of nitrogens with zero attached hydrogens (tertiary/aromatic N) is 2. The first kappa shape index (κ1) is 15.5. The lowest BCUT2D eigenvalue weighted by Crippen LogP contribution is -2.32. The number of amides is 1. The van der Waals surface area contributed by atoms with Gasteiger partial charge in [-0.2, -0.15) is 18.3 Å². The number of hydrogen-bond donors (Lipinski definition) is 2. The van der Waals surface area contributed by atoms with Crippen molar-refractivity contribution >= 4 is 27.5 Å². The molecule has 1 aromatic rings. The highest BCUT2D eigenvalue weighted by Gasteiger charge is 2.29. The molecule has 0 aliphatic rings. The Morgan fingerprint density at radius 2 is 2.16 bits per heavy atom. The Morgan fingerprint density at radius 3 is 2.68 bits per heavy atom. The Hall–Kier alpha value is -1.58. The van der Waals surface area contributed by atoms with Gasteiger partial charge in [-0.1, -0.05) is 0 Å². The van der Waals surface area contributed by atoms with Crippen molar-refractivity contribution in [1.82, 2.24) is 15.1 Å². The molecule has 0 fully saturated rings. The summed E-state index contributed by atoms with van der Waals surface area (Å²) in [6.07, 6.45) is -3.49. The lowest BCUT2D eigenvalue weighted by atomic mass is 10.4. The van der Waals surface area contributed by atoms with Crippen molar-refractivity contribution in [3.05, 3.63) is 21.0 Å². The molecule has 1 heterocycles. The molecule has 0 aliphatic heterocycles. The first-order valence-electron chi connectivity index (χ1n) is 5.01. The average molecular weight is 343 g/mol. The molecular weight excluding hydrogens is 333 g/mol. The third-order valence-corrected chi connectivity index (χ3v) is 2.80.